The lowest BCUT2D eigenvalue weighted by Gasteiger charge is -1.91. The van der Waals surface area contributed by atoms with Crippen molar-refractivity contribution in [3.63, 3.8) is 0 Å². The van der Waals surface area contributed by atoms with Crippen LogP contribution in [0.4, 0.5) is 5.69 Å². The van der Waals surface area contributed by atoms with E-state index in [2.05, 4.69) is 10.1 Å². The third-order valence-electron chi connectivity index (χ3n) is 1.40. The van der Waals surface area contributed by atoms with Crippen LogP contribution in [0.3, 0.4) is 0 Å². The van der Waals surface area contributed by atoms with Gasteiger partial charge in [-0.25, -0.2) is 5.53 Å². The lowest BCUT2D eigenvalue weighted by molar-refractivity contribution is 0.101. The molecule has 0 aromatic carbocycles. The van der Waals surface area contributed by atoms with Gasteiger partial charge in [0.25, 0.3) is 0 Å². The van der Waals surface area contributed by atoms with E-state index in [4.69, 9.17) is 15.7 Å². The molecule has 6 nitrogen and oxygen atoms in total. The van der Waals surface area contributed by atoms with Gasteiger partial charge in [-0.15, -0.1) is 0 Å². The van der Waals surface area contributed by atoms with E-state index >= 15 is 0 Å². The van der Waals surface area contributed by atoms with Gasteiger partial charge < -0.3 is 10.2 Å². The number of H-pyrrole nitrogens is 1. The zero-order valence-electron chi connectivity index (χ0n) is 6.25. The van der Waals surface area contributed by atoms with E-state index in [-0.39, 0.29) is 11.3 Å². The summed E-state index contributed by atoms with van der Waals surface area (Å²) in [5.41, 5.74) is 6.21. The summed E-state index contributed by atoms with van der Waals surface area (Å²) in [6.07, 6.45) is 0. The molecule has 1 aromatic heterocycles. The largest absolute Gasteiger partial charge is 0.494 e. The number of nitrogens with zero attached hydrogens (tertiary/aromatic N) is 1. The van der Waals surface area contributed by atoms with Gasteiger partial charge in [-0.2, -0.15) is 5.11 Å². The van der Waals surface area contributed by atoms with Gasteiger partial charge in [-0.3, -0.25) is 9.78 Å². The van der Waals surface area contributed by atoms with Crippen molar-refractivity contribution in [2.75, 3.05) is 0 Å². The molecule has 1 aromatic rings. The number of aromatic amines is 1. The number of Topliss-reactive ketones (excluding diaryl/α,β-unsaturated/α-hetero) is 1. The molecule has 1 rings (SSSR count). The van der Waals surface area contributed by atoms with Crippen LogP contribution >= 0.6 is 0 Å². The van der Waals surface area contributed by atoms with Crippen LogP contribution in [0.15, 0.2) is 5.11 Å². The first-order valence-corrected chi connectivity index (χ1v) is 3.10. The Morgan fingerprint density at radius 3 is 2.42 bits per heavy atom. The number of aromatic nitrogens is 1. The minimum atomic E-state index is -0.479. The summed E-state index contributed by atoms with van der Waals surface area (Å²) in [6.45, 7) is 1.21. The molecule has 1 heterocycles. The van der Waals surface area contributed by atoms with Crippen molar-refractivity contribution in [1.82, 2.24) is 4.98 Å². The Balaban J connectivity index is 3.42. The lowest BCUT2D eigenvalue weighted by atomic mass is 10.2. The summed E-state index contributed by atoms with van der Waals surface area (Å²) in [4.78, 5) is 12.9. The average molecular weight is 169 g/mol. The van der Waals surface area contributed by atoms with Crippen molar-refractivity contribution >= 4 is 11.5 Å². The molecule has 0 amide bonds. The molecule has 0 spiro atoms. The second-order valence-corrected chi connectivity index (χ2v) is 2.21. The summed E-state index contributed by atoms with van der Waals surface area (Å²) < 4.78 is 0. The van der Waals surface area contributed by atoms with Gasteiger partial charge in [-0.1, -0.05) is 0 Å². The summed E-state index contributed by atoms with van der Waals surface area (Å²) in [7, 11) is 0. The summed E-state index contributed by atoms with van der Waals surface area (Å²) >= 11 is 0. The highest BCUT2D eigenvalue weighted by atomic mass is 16.3. The molecular formula is C6H7N3O3. The smallest absolute Gasteiger partial charge is 0.220 e. The van der Waals surface area contributed by atoms with Crippen molar-refractivity contribution in [2.24, 2.45) is 5.11 Å². The monoisotopic (exact) mass is 169 g/mol. The Bertz CT molecular complexity index is 342. The second kappa shape index (κ2) is 2.65. The molecule has 6 heteroatoms. The molecule has 0 aliphatic rings. The maximum Gasteiger partial charge on any atom is 0.220 e. The molecule has 0 saturated carbocycles. The molecular weight excluding hydrogens is 162 g/mol. The van der Waals surface area contributed by atoms with Gasteiger partial charge in [0.15, 0.2) is 11.5 Å². The fourth-order valence-electron chi connectivity index (χ4n) is 0.907. The summed E-state index contributed by atoms with van der Waals surface area (Å²) in [5, 5.41) is 20.9. The zero-order valence-corrected chi connectivity index (χ0v) is 6.25. The fourth-order valence-corrected chi connectivity index (χ4v) is 0.907. The number of carbonyl (C=O) groups excluding carboxylic acids is 1. The number of hydrogen-bond acceptors (Lipinski definition) is 5. The molecule has 64 valence electrons. The Morgan fingerprint density at radius 1 is 1.50 bits per heavy atom. The van der Waals surface area contributed by atoms with Crippen LogP contribution in [0.1, 0.15) is 17.3 Å². The highest BCUT2D eigenvalue weighted by Gasteiger charge is 2.19. The van der Waals surface area contributed by atoms with Gasteiger partial charge in [0.05, 0.1) is 0 Å². The molecule has 0 saturated heterocycles. The van der Waals surface area contributed by atoms with Crippen LogP contribution in [-0.2, 0) is 0 Å². The van der Waals surface area contributed by atoms with Crippen LogP contribution in [0, 0.1) is 5.53 Å². The summed E-state index contributed by atoms with van der Waals surface area (Å²) in [6, 6.07) is 0. The van der Waals surface area contributed by atoms with Crippen molar-refractivity contribution in [2.45, 2.75) is 6.92 Å². The SMILES string of the molecule is CC(=O)c1c(O)[nH]c(O)c1N=N. The summed E-state index contributed by atoms with van der Waals surface area (Å²) in [5.74, 6) is -1.41. The highest BCUT2D eigenvalue weighted by molar-refractivity contribution is 6.02. The quantitative estimate of drug-likeness (QED) is 0.395. The Labute approximate surface area is 67.4 Å². The van der Waals surface area contributed by atoms with Gasteiger partial charge in [-0.05, 0) is 6.92 Å². The van der Waals surface area contributed by atoms with Crippen molar-refractivity contribution < 1.29 is 15.0 Å². The third-order valence-corrected chi connectivity index (χ3v) is 1.40. The van der Waals surface area contributed by atoms with Crippen molar-refractivity contribution in [1.29, 1.82) is 5.53 Å². The minimum absolute atomic E-state index is 0.164. The normalized spacial score (nSPS) is 9.75. The number of carbonyl (C=O) groups is 1. The lowest BCUT2D eigenvalue weighted by Crippen LogP contribution is -1.89. The predicted molar refractivity (Wildman–Crippen MR) is 38.9 cm³/mol. The van der Waals surface area contributed by atoms with E-state index in [0.717, 1.165) is 0 Å². The molecule has 0 radical (unpaired) electrons. The molecule has 0 unspecified atom stereocenters. The maximum absolute atomic E-state index is 10.8. The molecule has 0 bridgehead atoms. The molecule has 0 aliphatic heterocycles. The van der Waals surface area contributed by atoms with Crippen LogP contribution in [0.25, 0.3) is 0 Å². The molecule has 0 fully saturated rings. The van der Waals surface area contributed by atoms with E-state index in [1.807, 2.05) is 0 Å². The van der Waals surface area contributed by atoms with Crippen LogP contribution in [0.2, 0.25) is 0 Å². The van der Waals surface area contributed by atoms with E-state index in [1.165, 1.54) is 6.92 Å². The van der Waals surface area contributed by atoms with E-state index in [0.29, 0.717) is 0 Å². The standard InChI is InChI=1S/C6H7N3O3/c1-2(10)3-4(9-7)6(12)8-5(3)11/h7-8,11-12H,1H3. The Kier molecular flexibility index (Phi) is 1.82. The van der Waals surface area contributed by atoms with Crippen molar-refractivity contribution in [3.8, 4) is 11.8 Å². The van der Waals surface area contributed by atoms with Gasteiger partial charge in [0.1, 0.15) is 5.56 Å². The van der Waals surface area contributed by atoms with E-state index in [1.54, 1.807) is 0 Å². The zero-order chi connectivity index (χ0) is 9.30. The minimum Gasteiger partial charge on any atom is -0.494 e. The number of aromatic hydroxyl groups is 2. The number of nitrogens with one attached hydrogen (secondary N) is 2. The predicted octanol–water partition coefficient (Wildman–Crippen LogP) is 1.29. The van der Waals surface area contributed by atoms with Crippen molar-refractivity contribution in [3.05, 3.63) is 5.56 Å². The first-order valence-electron chi connectivity index (χ1n) is 3.10. The van der Waals surface area contributed by atoms with Crippen LogP contribution in [-0.4, -0.2) is 21.0 Å². The third kappa shape index (κ3) is 1.03. The van der Waals surface area contributed by atoms with Gasteiger partial charge in [0.2, 0.25) is 11.8 Å². The first kappa shape index (κ1) is 8.25. The number of ketones is 1. The molecule has 0 aliphatic carbocycles. The molecule has 12 heavy (non-hydrogen) atoms. The Hall–Kier alpha value is -1.85. The fraction of sp³-hybridized carbons (Fsp3) is 0.167. The highest BCUT2D eigenvalue weighted by Crippen LogP contribution is 2.36. The topological polar surface area (TPSA) is 110 Å². The maximum atomic E-state index is 10.8. The van der Waals surface area contributed by atoms with Crippen LogP contribution < -0.4 is 0 Å². The number of hydrogen-bond donors (Lipinski definition) is 4. The van der Waals surface area contributed by atoms with E-state index in [9.17, 15) is 4.79 Å². The van der Waals surface area contributed by atoms with Gasteiger partial charge in [0, 0.05) is 0 Å². The Morgan fingerprint density at radius 2 is 2.08 bits per heavy atom. The first-order chi connectivity index (χ1) is 5.57. The van der Waals surface area contributed by atoms with Gasteiger partial charge >= 0.3 is 0 Å². The molecule has 0 atom stereocenters. The molecule has 4 N–H and O–H groups in total. The van der Waals surface area contributed by atoms with Crippen LogP contribution in [0.5, 0.6) is 11.8 Å². The second-order valence-electron chi connectivity index (χ2n) is 2.21. The number of rotatable bonds is 2. The average Bonchev–Trinajstić information content (AvgIpc) is 2.24. The van der Waals surface area contributed by atoms with E-state index < -0.39 is 17.5 Å².